The lowest BCUT2D eigenvalue weighted by Gasteiger charge is -2.16. The number of aromatic nitrogens is 1. The summed E-state index contributed by atoms with van der Waals surface area (Å²) in [4.78, 5) is 13.9. The van der Waals surface area contributed by atoms with Crippen LogP contribution in [-0.4, -0.2) is 22.5 Å². The molecule has 6 nitrogen and oxygen atoms in total. The fourth-order valence-corrected chi connectivity index (χ4v) is 1.14. The van der Waals surface area contributed by atoms with Crippen LogP contribution in [0, 0.1) is 16.0 Å². The van der Waals surface area contributed by atoms with Crippen molar-refractivity contribution in [3.05, 3.63) is 28.6 Å². The van der Waals surface area contributed by atoms with Crippen LogP contribution in [0.2, 0.25) is 0 Å². The molecule has 1 aromatic heterocycles. The molecule has 1 unspecified atom stereocenters. The zero-order valence-electron chi connectivity index (χ0n) is 9.38. The summed E-state index contributed by atoms with van der Waals surface area (Å²) in [7, 11) is 0. The highest BCUT2D eigenvalue weighted by Gasteiger charge is 2.14. The molecule has 88 valence electrons. The molecule has 1 heterocycles. The number of anilines is 1. The van der Waals surface area contributed by atoms with Gasteiger partial charge < -0.3 is 11.1 Å². The van der Waals surface area contributed by atoms with Crippen LogP contribution in [0.15, 0.2) is 18.5 Å². The normalized spacial score (nSPS) is 12.5. The molecular weight excluding hydrogens is 208 g/mol. The van der Waals surface area contributed by atoms with E-state index >= 15 is 0 Å². The molecule has 0 aliphatic carbocycles. The van der Waals surface area contributed by atoms with E-state index in [0.717, 1.165) is 0 Å². The van der Waals surface area contributed by atoms with Gasteiger partial charge >= 0.3 is 5.69 Å². The fourth-order valence-electron chi connectivity index (χ4n) is 1.14. The van der Waals surface area contributed by atoms with Crippen molar-refractivity contribution in [2.75, 3.05) is 11.9 Å². The molecule has 0 saturated carbocycles. The minimum Gasteiger partial charge on any atom is -0.378 e. The molecule has 0 bridgehead atoms. The van der Waals surface area contributed by atoms with Crippen LogP contribution in [0.5, 0.6) is 0 Å². The Hall–Kier alpha value is -1.69. The number of nitro groups is 1. The molecule has 0 amide bonds. The highest BCUT2D eigenvalue weighted by molar-refractivity contribution is 5.59. The standard InChI is InChI=1S/C10H16N4O2/c1-7(2)8(11)5-13-9-3-4-12-6-10(9)14(15)16/h3-4,6-8H,5,11H2,1-2H3,(H,12,13). The van der Waals surface area contributed by atoms with E-state index < -0.39 is 4.92 Å². The van der Waals surface area contributed by atoms with E-state index in [1.165, 1.54) is 12.4 Å². The molecule has 0 radical (unpaired) electrons. The maximum absolute atomic E-state index is 10.7. The van der Waals surface area contributed by atoms with Gasteiger partial charge in [-0.25, -0.2) is 0 Å². The Morgan fingerprint density at radius 3 is 2.88 bits per heavy atom. The second-order valence-electron chi connectivity index (χ2n) is 3.94. The van der Waals surface area contributed by atoms with E-state index in [1.54, 1.807) is 6.07 Å². The predicted octanol–water partition coefficient (Wildman–Crippen LogP) is 1.38. The van der Waals surface area contributed by atoms with Gasteiger partial charge in [-0.05, 0) is 12.0 Å². The molecule has 0 spiro atoms. The summed E-state index contributed by atoms with van der Waals surface area (Å²) in [6.45, 7) is 4.52. The summed E-state index contributed by atoms with van der Waals surface area (Å²) >= 11 is 0. The highest BCUT2D eigenvalue weighted by Crippen LogP contribution is 2.21. The molecule has 0 aliphatic heterocycles. The molecule has 16 heavy (non-hydrogen) atoms. The Bertz CT molecular complexity index is 368. The third-order valence-corrected chi connectivity index (χ3v) is 2.38. The minimum absolute atomic E-state index is 0.0292. The molecule has 1 aromatic rings. The lowest BCUT2D eigenvalue weighted by atomic mass is 10.1. The molecule has 6 heteroatoms. The average molecular weight is 224 g/mol. The topological polar surface area (TPSA) is 94.1 Å². The number of rotatable bonds is 5. The SMILES string of the molecule is CC(C)C(N)CNc1ccncc1[N+](=O)[O-]. The minimum atomic E-state index is -0.462. The van der Waals surface area contributed by atoms with Crippen molar-refractivity contribution in [2.24, 2.45) is 11.7 Å². The molecule has 0 aliphatic rings. The maximum Gasteiger partial charge on any atom is 0.310 e. The number of pyridine rings is 1. The van der Waals surface area contributed by atoms with Crippen LogP contribution in [-0.2, 0) is 0 Å². The van der Waals surface area contributed by atoms with Crippen molar-refractivity contribution >= 4 is 11.4 Å². The van der Waals surface area contributed by atoms with E-state index in [0.29, 0.717) is 18.2 Å². The third-order valence-electron chi connectivity index (χ3n) is 2.38. The molecule has 0 aromatic carbocycles. The van der Waals surface area contributed by atoms with Crippen LogP contribution in [0.25, 0.3) is 0 Å². The first-order valence-corrected chi connectivity index (χ1v) is 5.10. The Balaban J connectivity index is 2.70. The Kier molecular flexibility index (Phi) is 4.19. The van der Waals surface area contributed by atoms with Gasteiger partial charge in [-0.3, -0.25) is 15.1 Å². The molecule has 1 rings (SSSR count). The molecular formula is C10H16N4O2. The zero-order valence-corrected chi connectivity index (χ0v) is 9.38. The van der Waals surface area contributed by atoms with Gasteiger partial charge in [0.25, 0.3) is 0 Å². The van der Waals surface area contributed by atoms with Gasteiger partial charge in [0.1, 0.15) is 11.9 Å². The van der Waals surface area contributed by atoms with Crippen molar-refractivity contribution in [3.8, 4) is 0 Å². The van der Waals surface area contributed by atoms with Gasteiger partial charge in [-0.15, -0.1) is 0 Å². The van der Waals surface area contributed by atoms with Crippen LogP contribution < -0.4 is 11.1 Å². The summed E-state index contributed by atoms with van der Waals surface area (Å²) in [6, 6.07) is 1.54. The fraction of sp³-hybridized carbons (Fsp3) is 0.500. The smallest absolute Gasteiger partial charge is 0.310 e. The number of nitrogens with zero attached hydrogens (tertiary/aromatic N) is 2. The maximum atomic E-state index is 10.7. The van der Waals surface area contributed by atoms with Gasteiger partial charge in [-0.1, -0.05) is 13.8 Å². The summed E-state index contributed by atoms with van der Waals surface area (Å²) < 4.78 is 0. The molecule has 0 fully saturated rings. The van der Waals surface area contributed by atoms with Crippen molar-refractivity contribution in [2.45, 2.75) is 19.9 Å². The number of nitrogens with one attached hydrogen (secondary N) is 1. The number of hydrogen-bond acceptors (Lipinski definition) is 5. The lowest BCUT2D eigenvalue weighted by molar-refractivity contribution is -0.384. The third kappa shape index (κ3) is 3.16. The van der Waals surface area contributed by atoms with Crippen LogP contribution in [0.3, 0.4) is 0 Å². The first-order chi connectivity index (χ1) is 7.52. The highest BCUT2D eigenvalue weighted by atomic mass is 16.6. The molecule has 1 atom stereocenters. The summed E-state index contributed by atoms with van der Waals surface area (Å²) in [5, 5.41) is 13.7. The summed E-state index contributed by atoms with van der Waals surface area (Å²) in [6.07, 6.45) is 2.74. The number of nitrogens with two attached hydrogens (primary N) is 1. The lowest BCUT2D eigenvalue weighted by Crippen LogP contribution is -2.34. The molecule has 0 saturated heterocycles. The Morgan fingerprint density at radius 1 is 1.62 bits per heavy atom. The molecule has 3 N–H and O–H groups in total. The van der Waals surface area contributed by atoms with Crippen LogP contribution >= 0.6 is 0 Å². The van der Waals surface area contributed by atoms with Crippen molar-refractivity contribution in [3.63, 3.8) is 0 Å². The quantitative estimate of drug-likeness (QED) is 0.582. The van der Waals surface area contributed by atoms with E-state index in [2.05, 4.69) is 10.3 Å². The van der Waals surface area contributed by atoms with Crippen LogP contribution in [0.4, 0.5) is 11.4 Å². The van der Waals surface area contributed by atoms with Crippen molar-refractivity contribution in [1.82, 2.24) is 4.98 Å². The average Bonchev–Trinajstić information content (AvgIpc) is 2.25. The Labute approximate surface area is 94.0 Å². The van der Waals surface area contributed by atoms with Gasteiger partial charge in [0.15, 0.2) is 0 Å². The Morgan fingerprint density at radius 2 is 2.31 bits per heavy atom. The van der Waals surface area contributed by atoms with Crippen molar-refractivity contribution in [1.29, 1.82) is 0 Å². The summed E-state index contributed by atoms with van der Waals surface area (Å²) in [5.74, 6) is 0.327. The van der Waals surface area contributed by atoms with E-state index in [1.807, 2.05) is 13.8 Å². The zero-order chi connectivity index (χ0) is 12.1. The predicted molar refractivity (Wildman–Crippen MR) is 62.2 cm³/mol. The van der Waals surface area contributed by atoms with Gasteiger partial charge in [0, 0.05) is 18.8 Å². The second-order valence-corrected chi connectivity index (χ2v) is 3.94. The monoisotopic (exact) mass is 224 g/mol. The van der Waals surface area contributed by atoms with E-state index in [9.17, 15) is 10.1 Å². The largest absolute Gasteiger partial charge is 0.378 e. The number of hydrogen-bond donors (Lipinski definition) is 2. The van der Waals surface area contributed by atoms with Crippen molar-refractivity contribution < 1.29 is 4.92 Å². The van der Waals surface area contributed by atoms with Gasteiger partial charge in [0.2, 0.25) is 0 Å². The van der Waals surface area contributed by atoms with E-state index in [4.69, 9.17) is 5.73 Å². The van der Waals surface area contributed by atoms with Gasteiger partial charge in [0.05, 0.1) is 4.92 Å². The first kappa shape index (κ1) is 12.4. The van der Waals surface area contributed by atoms with Crippen LogP contribution in [0.1, 0.15) is 13.8 Å². The first-order valence-electron chi connectivity index (χ1n) is 5.10. The van der Waals surface area contributed by atoms with E-state index in [-0.39, 0.29) is 11.7 Å². The van der Waals surface area contributed by atoms with Gasteiger partial charge in [-0.2, -0.15) is 0 Å². The second kappa shape index (κ2) is 5.41. The summed E-state index contributed by atoms with van der Waals surface area (Å²) in [5.41, 5.74) is 6.27.